The number of hydrogen-bond donors (Lipinski definition) is 0. The lowest BCUT2D eigenvalue weighted by Crippen LogP contribution is -2.38. The molecule has 2 aliphatic carbocycles. The van der Waals surface area contributed by atoms with Gasteiger partial charge in [0.15, 0.2) is 0 Å². The fraction of sp³-hybridized carbons (Fsp3) is 0.812. The van der Waals surface area contributed by atoms with Gasteiger partial charge >= 0.3 is 0 Å². The quantitative estimate of drug-likeness (QED) is 0.401. The Labute approximate surface area is 117 Å². The number of thiocarbonyl (C=S) groups is 1. The first-order valence-corrected chi connectivity index (χ1v) is 7.63. The maximum Gasteiger partial charge on any atom is 0.0838 e. The van der Waals surface area contributed by atoms with Gasteiger partial charge in [0.05, 0.1) is 11.2 Å². The molecule has 2 rings (SSSR count). The van der Waals surface area contributed by atoms with Crippen molar-refractivity contribution in [2.75, 3.05) is 0 Å². The van der Waals surface area contributed by atoms with E-state index in [-0.39, 0.29) is 6.04 Å². The Morgan fingerprint density at radius 3 is 2.78 bits per heavy atom. The number of fused-ring (bicyclic) bond motifs is 1. The van der Waals surface area contributed by atoms with Crippen molar-refractivity contribution < 1.29 is 0 Å². The van der Waals surface area contributed by atoms with E-state index in [0.29, 0.717) is 11.3 Å². The molecule has 1 nitrogen and oxygen atoms in total. The van der Waals surface area contributed by atoms with Crippen molar-refractivity contribution in [2.24, 2.45) is 28.2 Å². The Morgan fingerprint density at radius 2 is 2.17 bits per heavy atom. The molecule has 18 heavy (non-hydrogen) atoms. The average molecular weight is 263 g/mol. The van der Waals surface area contributed by atoms with Gasteiger partial charge in [-0.05, 0) is 61.6 Å². The number of hydrogen-bond acceptors (Lipinski definition) is 2. The van der Waals surface area contributed by atoms with Gasteiger partial charge in [-0.2, -0.15) is 0 Å². The summed E-state index contributed by atoms with van der Waals surface area (Å²) >= 11 is 4.83. The van der Waals surface area contributed by atoms with Gasteiger partial charge in [-0.1, -0.05) is 38.8 Å². The van der Waals surface area contributed by atoms with Crippen molar-refractivity contribution in [1.82, 2.24) is 0 Å². The minimum absolute atomic E-state index is 0.204. The van der Waals surface area contributed by atoms with Crippen LogP contribution in [0.2, 0.25) is 0 Å². The predicted molar refractivity (Wildman–Crippen MR) is 81.0 cm³/mol. The van der Waals surface area contributed by atoms with E-state index >= 15 is 0 Å². The van der Waals surface area contributed by atoms with E-state index in [9.17, 15) is 0 Å². The average Bonchev–Trinajstić information content (AvgIpc) is 2.64. The Hall–Kier alpha value is -0.460. The third-order valence-corrected chi connectivity index (χ3v) is 5.54. The molecule has 0 bridgehead atoms. The summed E-state index contributed by atoms with van der Waals surface area (Å²) < 4.78 is 0. The van der Waals surface area contributed by atoms with E-state index in [0.717, 1.165) is 17.4 Å². The zero-order valence-corrected chi connectivity index (χ0v) is 12.7. The van der Waals surface area contributed by atoms with E-state index < -0.39 is 0 Å². The van der Waals surface area contributed by atoms with Gasteiger partial charge in [0.2, 0.25) is 0 Å². The van der Waals surface area contributed by atoms with Gasteiger partial charge < -0.3 is 0 Å². The largest absolute Gasteiger partial charge is 0.224 e. The first-order valence-electron chi connectivity index (χ1n) is 7.22. The molecule has 0 saturated heterocycles. The summed E-state index contributed by atoms with van der Waals surface area (Å²) in [7, 11) is 0. The molecule has 2 fully saturated rings. The molecule has 100 valence electrons. The number of rotatable bonds is 3. The summed E-state index contributed by atoms with van der Waals surface area (Å²) in [6.07, 6.45) is 6.80. The standard InChI is InChI=1S/C16H25NS/c1-11(2)15(17-10-18)13-7-9-16(4)8-5-6-12(3)14(13)16/h12-15H,1,5-9H2,2-4H3/t12?,13?,14?,15?,16-/m1/s1. The number of isothiocyanates is 1. The highest BCUT2D eigenvalue weighted by atomic mass is 32.1. The normalized spacial score (nSPS) is 40.7. The molecule has 0 spiro atoms. The molecular formula is C16H25NS. The van der Waals surface area contributed by atoms with Crippen LogP contribution in [0.25, 0.3) is 0 Å². The molecule has 2 aliphatic rings. The Kier molecular flexibility index (Phi) is 4.08. The van der Waals surface area contributed by atoms with Crippen LogP contribution in [-0.4, -0.2) is 11.2 Å². The van der Waals surface area contributed by atoms with Crippen LogP contribution in [0.1, 0.15) is 52.9 Å². The lowest BCUT2D eigenvalue weighted by atomic mass is 9.62. The molecule has 2 heteroatoms. The summed E-state index contributed by atoms with van der Waals surface area (Å²) in [5.41, 5.74) is 1.69. The summed E-state index contributed by atoms with van der Waals surface area (Å²) in [5, 5.41) is 2.60. The SMILES string of the molecule is C=C(C)C(N=C=S)C1CC[C@@]2(C)CCCC(C)C12. The first-order chi connectivity index (χ1) is 8.49. The second kappa shape index (κ2) is 5.27. The maximum atomic E-state index is 4.83. The Bertz CT molecular complexity index is 381. The summed E-state index contributed by atoms with van der Waals surface area (Å²) in [5.74, 6) is 2.25. The fourth-order valence-electron chi connectivity index (χ4n) is 4.75. The van der Waals surface area contributed by atoms with Crippen LogP contribution in [-0.2, 0) is 0 Å². The molecule has 0 aromatic rings. The van der Waals surface area contributed by atoms with Crippen molar-refractivity contribution in [3.05, 3.63) is 12.2 Å². The third-order valence-electron chi connectivity index (χ3n) is 5.44. The molecule has 0 radical (unpaired) electrons. The number of nitrogens with zero attached hydrogens (tertiary/aromatic N) is 1. The summed E-state index contributed by atoms with van der Waals surface area (Å²) in [4.78, 5) is 4.43. The van der Waals surface area contributed by atoms with E-state index in [1.807, 2.05) is 0 Å². The molecule has 2 saturated carbocycles. The summed E-state index contributed by atoms with van der Waals surface area (Å²) in [6, 6.07) is 0.204. The highest BCUT2D eigenvalue weighted by molar-refractivity contribution is 7.78. The molecule has 0 aliphatic heterocycles. The second-order valence-corrected chi connectivity index (χ2v) is 6.95. The van der Waals surface area contributed by atoms with Crippen LogP contribution >= 0.6 is 12.2 Å². The van der Waals surface area contributed by atoms with Crippen LogP contribution in [0, 0.1) is 23.2 Å². The first kappa shape index (κ1) is 14.0. The van der Waals surface area contributed by atoms with E-state index in [1.54, 1.807) is 0 Å². The van der Waals surface area contributed by atoms with Crippen molar-refractivity contribution >= 4 is 17.4 Å². The van der Waals surface area contributed by atoms with E-state index in [1.165, 1.54) is 32.1 Å². The van der Waals surface area contributed by atoms with Crippen LogP contribution in [0.3, 0.4) is 0 Å². The van der Waals surface area contributed by atoms with Crippen molar-refractivity contribution in [3.8, 4) is 0 Å². The second-order valence-electron chi connectivity index (χ2n) is 6.76. The molecule has 0 amide bonds. The third kappa shape index (κ3) is 2.33. The van der Waals surface area contributed by atoms with Crippen LogP contribution in [0.5, 0.6) is 0 Å². The van der Waals surface area contributed by atoms with Crippen LogP contribution in [0.4, 0.5) is 0 Å². The monoisotopic (exact) mass is 263 g/mol. The molecule has 0 N–H and O–H groups in total. The topological polar surface area (TPSA) is 12.4 Å². The molecule has 0 heterocycles. The van der Waals surface area contributed by atoms with E-state index in [4.69, 9.17) is 12.2 Å². The zero-order chi connectivity index (χ0) is 13.3. The predicted octanol–water partition coefficient (Wildman–Crippen LogP) is 4.89. The molecule has 5 atom stereocenters. The van der Waals surface area contributed by atoms with Gasteiger partial charge in [-0.3, -0.25) is 0 Å². The lowest BCUT2D eigenvalue weighted by Gasteiger charge is -2.44. The van der Waals surface area contributed by atoms with Gasteiger partial charge in [0, 0.05) is 0 Å². The molecule has 0 aromatic heterocycles. The molecular weight excluding hydrogens is 238 g/mol. The van der Waals surface area contributed by atoms with Gasteiger partial charge in [-0.15, -0.1) is 0 Å². The maximum absolute atomic E-state index is 4.83. The van der Waals surface area contributed by atoms with Crippen molar-refractivity contribution in [2.45, 2.75) is 58.9 Å². The van der Waals surface area contributed by atoms with Crippen LogP contribution in [0.15, 0.2) is 17.1 Å². The smallest absolute Gasteiger partial charge is 0.0838 e. The van der Waals surface area contributed by atoms with Crippen molar-refractivity contribution in [3.63, 3.8) is 0 Å². The molecule has 0 aromatic carbocycles. The minimum atomic E-state index is 0.204. The Balaban J connectivity index is 2.28. The fourth-order valence-corrected chi connectivity index (χ4v) is 4.86. The number of aliphatic imine (C=N–C) groups is 1. The van der Waals surface area contributed by atoms with Gasteiger partial charge in [0.25, 0.3) is 0 Å². The molecule has 4 unspecified atom stereocenters. The highest BCUT2D eigenvalue weighted by Crippen LogP contribution is 2.58. The Morgan fingerprint density at radius 1 is 1.44 bits per heavy atom. The van der Waals surface area contributed by atoms with Gasteiger partial charge in [0.1, 0.15) is 0 Å². The van der Waals surface area contributed by atoms with Crippen LogP contribution < -0.4 is 0 Å². The van der Waals surface area contributed by atoms with Gasteiger partial charge in [-0.25, -0.2) is 4.99 Å². The lowest BCUT2D eigenvalue weighted by molar-refractivity contribution is 0.0665. The zero-order valence-electron chi connectivity index (χ0n) is 11.9. The summed E-state index contributed by atoms with van der Waals surface area (Å²) in [6.45, 7) is 11.1. The van der Waals surface area contributed by atoms with Crippen molar-refractivity contribution in [1.29, 1.82) is 0 Å². The minimum Gasteiger partial charge on any atom is -0.224 e. The van der Waals surface area contributed by atoms with E-state index in [2.05, 4.69) is 37.5 Å². The highest BCUT2D eigenvalue weighted by Gasteiger charge is 2.51.